The molecule has 0 saturated heterocycles. The zero-order valence-corrected chi connectivity index (χ0v) is 10.7. The third-order valence-corrected chi connectivity index (χ3v) is 3.46. The lowest BCUT2D eigenvalue weighted by molar-refractivity contribution is -0.173. The van der Waals surface area contributed by atoms with Crippen molar-refractivity contribution in [2.75, 3.05) is 24.7 Å². The number of nitrogen functional groups attached to an aromatic ring is 1. The molecule has 0 aromatic heterocycles. The Kier molecular flexibility index (Phi) is 5.74. The third kappa shape index (κ3) is 6.53. The lowest BCUT2D eigenvalue weighted by atomic mass is 10.3. The Hall–Kier alpha value is -1.15. The van der Waals surface area contributed by atoms with Gasteiger partial charge in [0.05, 0.1) is 10.8 Å². The van der Waals surface area contributed by atoms with E-state index in [0.717, 1.165) is 12.1 Å². The van der Waals surface area contributed by atoms with Gasteiger partial charge in [0.15, 0.2) is 0 Å². The average Bonchev–Trinajstić information content (AvgIpc) is 2.25. The van der Waals surface area contributed by atoms with Crippen molar-refractivity contribution in [2.24, 2.45) is 0 Å². The SMILES string of the molecule is Nc1cc(F)cc(S(=O)CCCOCC(F)(F)F)c1. The maximum atomic E-state index is 13.0. The van der Waals surface area contributed by atoms with Crippen LogP contribution in [0.3, 0.4) is 0 Å². The first-order valence-corrected chi connectivity index (χ1v) is 6.69. The second-order valence-corrected chi connectivity index (χ2v) is 5.36. The van der Waals surface area contributed by atoms with Crippen molar-refractivity contribution < 1.29 is 26.5 Å². The summed E-state index contributed by atoms with van der Waals surface area (Å²) in [6.07, 6.45) is -4.19. The highest BCUT2D eigenvalue weighted by Crippen LogP contribution is 2.16. The molecule has 0 saturated carbocycles. The molecule has 19 heavy (non-hydrogen) atoms. The van der Waals surface area contributed by atoms with Gasteiger partial charge in [-0.25, -0.2) is 4.39 Å². The molecule has 3 nitrogen and oxygen atoms in total. The highest BCUT2D eigenvalue weighted by Gasteiger charge is 2.27. The van der Waals surface area contributed by atoms with Crippen molar-refractivity contribution in [1.29, 1.82) is 0 Å². The van der Waals surface area contributed by atoms with Crippen molar-refractivity contribution in [3.05, 3.63) is 24.0 Å². The molecule has 0 amide bonds. The van der Waals surface area contributed by atoms with Crippen LogP contribution in [0.4, 0.5) is 23.2 Å². The Labute approximate surface area is 110 Å². The monoisotopic (exact) mass is 299 g/mol. The van der Waals surface area contributed by atoms with Gasteiger partial charge in [0, 0.05) is 22.9 Å². The Bertz CT molecular complexity index is 431. The maximum absolute atomic E-state index is 13.0. The van der Waals surface area contributed by atoms with Crippen LogP contribution in [0.5, 0.6) is 0 Å². The highest BCUT2D eigenvalue weighted by molar-refractivity contribution is 7.85. The predicted molar refractivity (Wildman–Crippen MR) is 63.6 cm³/mol. The minimum absolute atomic E-state index is 0.0841. The molecular formula is C11H13F4NO2S. The Balaban J connectivity index is 2.35. The first-order chi connectivity index (χ1) is 8.78. The standard InChI is InChI=1S/C11H13F4NO2S/c12-8-4-9(16)6-10(5-8)19(17)3-1-2-18-7-11(13,14)15/h4-6H,1-3,7,16H2. The summed E-state index contributed by atoms with van der Waals surface area (Å²) in [6, 6.07) is 3.55. The molecule has 1 atom stereocenters. The quantitative estimate of drug-likeness (QED) is 0.499. The lowest BCUT2D eigenvalue weighted by Crippen LogP contribution is -2.18. The predicted octanol–water partition coefficient (Wildman–Crippen LogP) is 2.48. The summed E-state index contributed by atoms with van der Waals surface area (Å²) in [5.74, 6) is -0.516. The van der Waals surface area contributed by atoms with E-state index in [-0.39, 0.29) is 29.4 Å². The van der Waals surface area contributed by atoms with Gasteiger partial charge in [0.25, 0.3) is 0 Å². The zero-order valence-electron chi connectivity index (χ0n) is 9.87. The van der Waals surface area contributed by atoms with Crippen LogP contribution in [0.1, 0.15) is 6.42 Å². The number of hydrogen-bond acceptors (Lipinski definition) is 3. The molecule has 1 rings (SSSR count). The summed E-state index contributed by atoms with van der Waals surface area (Å²) < 4.78 is 64.4. The number of alkyl halides is 3. The second kappa shape index (κ2) is 6.85. The fourth-order valence-corrected chi connectivity index (χ4v) is 2.44. The van der Waals surface area contributed by atoms with Crippen LogP contribution >= 0.6 is 0 Å². The molecule has 0 fully saturated rings. The molecule has 0 bridgehead atoms. The maximum Gasteiger partial charge on any atom is 0.411 e. The number of rotatable bonds is 6. The molecule has 1 aromatic carbocycles. The normalized spacial score (nSPS) is 13.5. The molecule has 2 N–H and O–H groups in total. The number of benzene rings is 1. The first kappa shape index (κ1) is 15.9. The van der Waals surface area contributed by atoms with E-state index in [1.54, 1.807) is 0 Å². The van der Waals surface area contributed by atoms with E-state index >= 15 is 0 Å². The summed E-state index contributed by atoms with van der Waals surface area (Å²) in [7, 11) is -1.51. The smallest absolute Gasteiger partial charge is 0.399 e. The van der Waals surface area contributed by atoms with Gasteiger partial charge in [-0.2, -0.15) is 13.2 Å². The van der Waals surface area contributed by atoms with Crippen LogP contribution in [0, 0.1) is 5.82 Å². The zero-order chi connectivity index (χ0) is 14.5. The minimum Gasteiger partial charge on any atom is -0.399 e. The molecule has 8 heteroatoms. The van der Waals surface area contributed by atoms with Gasteiger partial charge in [-0.05, 0) is 24.6 Å². The summed E-state index contributed by atoms with van der Waals surface area (Å²) in [6.45, 7) is -1.48. The van der Waals surface area contributed by atoms with Crippen molar-refractivity contribution in [3.63, 3.8) is 0 Å². The summed E-state index contributed by atoms with van der Waals surface area (Å²) in [5, 5.41) is 0. The number of halogens is 4. The van der Waals surface area contributed by atoms with Gasteiger partial charge >= 0.3 is 6.18 Å². The number of nitrogens with two attached hydrogens (primary N) is 1. The van der Waals surface area contributed by atoms with E-state index in [2.05, 4.69) is 4.74 Å². The van der Waals surface area contributed by atoms with Crippen LogP contribution in [-0.2, 0) is 15.5 Å². The van der Waals surface area contributed by atoms with Crippen LogP contribution in [0.25, 0.3) is 0 Å². The minimum atomic E-state index is -4.36. The van der Waals surface area contributed by atoms with E-state index in [9.17, 15) is 21.8 Å². The average molecular weight is 299 g/mol. The third-order valence-electron chi connectivity index (χ3n) is 2.04. The molecule has 0 aliphatic rings. The largest absolute Gasteiger partial charge is 0.411 e. The van der Waals surface area contributed by atoms with Crippen LogP contribution in [-0.4, -0.2) is 29.4 Å². The van der Waals surface area contributed by atoms with E-state index in [1.165, 1.54) is 6.07 Å². The van der Waals surface area contributed by atoms with Gasteiger partial charge in [-0.3, -0.25) is 4.21 Å². The summed E-state index contributed by atoms with van der Waals surface area (Å²) in [4.78, 5) is 0.216. The lowest BCUT2D eigenvalue weighted by Gasteiger charge is -2.07. The summed E-state index contributed by atoms with van der Waals surface area (Å²) >= 11 is 0. The van der Waals surface area contributed by atoms with Crippen molar-refractivity contribution in [3.8, 4) is 0 Å². The number of hydrogen-bond donors (Lipinski definition) is 1. The number of anilines is 1. The van der Waals surface area contributed by atoms with Gasteiger partial charge in [0.1, 0.15) is 12.4 Å². The fraction of sp³-hybridized carbons (Fsp3) is 0.455. The van der Waals surface area contributed by atoms with Crippen LogP contribution in [0.2, 0.25) is 0 Å². The van der Waals surface area contributed by atoms with Gasteiger partial charge in [0.2, 0.25) is 0 Å². The van der Waals surface area contributed by atoms with Gasteiger partial charge in [-0.15, -0.1) is 0 Å². The molecule has 0 aliphatic heterocycles. The molecule has 1 unspecified atom stereocenters. The van der Waals surface area contributed by atoms with Gasteiger partial charge in [-0.1, -0.05) is 0 Å². The van der Waals surface area contributed by atoms with Crippen molar-refractivity contribution in [1.82, 2.24) is 0 Å². The molecule has 1 aromatic rings. The fourth-order valence-electron chi connectivity index (χ4n) is 1.31. The van der Waals surface area contributed by atoms with Gasteiger partial charge < -0.3 is 10.5 Å². The van der Waals surface area contributed by atoms with E-state index in [1.807, 2.05) is 0 Å². The topological polar surface area (TPSA) is 52.3 Å². The highest BCUT2D eigenvalue weighted by atomic mass is 32.2. The Morgan fingerprint density at radius 3 is 2.53 bits per heavy atom. The first-order valence-electron chi connectivity index (χ1n) is 5.37. The molecule has 0 spiro atoms. The number of ether oxygens (including phenoxy) is 1. The molecule has 0 heterocycles. The molecular weight excluding hydrogens is 286 g/mol. The molecule has 108 valence electrons. The second-order valence-electron chi connectivity index (χ2n) is 3.79. The van der Waals surface area contributed by atoms with E-state index in [0.29, 0.717) is 0 Å². The Morgan fingerprint density at radius 1 is 1.26 bits per heavy atom. The van der Waals surface area contributed by atoms with Crippen molar-refractivity contribution >= 4 is 16.5 Å². The van der Waals surface area contributed by atoms with Crippen LogP contribution in [0.15, 0.2) is 23.1 Å². The Morgan fingerprint density at radius 2 is 1.95 bits per heavy atom. The molecule has 0 aliphatic carbocycles. The van der Waals surface area contributed by atoms with Crippen molar-refractivity contribution in [2.45, 2.75) is 17.5 Å². The van der Waals surface area contributed by atoms with E-state index in [4.69, 9.17) is 5.73 Å². The van der Waals surface area contributed by atoms with Crippen LogP contribution < -0.4 is 5.73 Å². The summed E-state index contributed by atoms with van der Waals surface area (Å²) in [5.41, 5.74) is 5.55. The van der Waals surface area contributed by atoms with E-state index < -0.39 is 29.4 Å². The molecule has 0 radical (unpaired) electrons.